The second-order valence-corrected chi connectivity index (χ2v) is 6.87. The van der Waals surface area contributed by atoms with Gasteiger partial charge in [-0.25, -0.2) is 4.79 Å². The second kappa shape index (κ2) is 10.0. The van der Waals surface area contributed by atoms with Gasteiger partial charge in [0.25, 0.3) is 0 Å². The van der Waals surface area contributed by atoms with Crippen molar-refractivity contribution >= 4 is 11.9 Å². The maximum atomic E-state index is 12.4. The Kier molecular flexibility index (Phi) is 7.17. The van der Waals surface area contributed by atoms with Crippen LogP contribution in [0.3, 0.4) is 0 Å². The van der Waals surface area contributed by atoms with E-state index in [9.17, 15) is 14.7 Å². The molecule has 0 bridgehead atoms. The van der Waals surface area contributed by atoms with E-state index < -0.39 is 24.0 Å². The quantitative estimate of drug-likeness (QED) is 0.732. The number of ether oxygens (including phenoxy) is 2. The van der Waals surface area contributed by atoms with Gasteiger partial charge in [-0.1, -0.05) is 60.7 Å². The van der Waals surface area contributed by atoms with E-state index >= 15 is 0 Å². The van der Waals surface area contributed by atoms with Crippen LogP contribution >= 0.6 is 0 Å². The molecule has 3 rings (SSSR count). The van der Waals surface area contributed by atoms with Crippen molar-refractivity contribution in [3.63, 3.8) is 0 Å². The normalized spacial score (nSPS) is 17.8. The van der Waals surface area contributed by atoms with Crippen LogP contribution in [0.25, 0.3) is 0 Å². The van der Waals surface area contributed by atoms with Crippen LogP contribution in [0.4, 0.5) is 0 Å². The molecule has 0 aliphatic carbocycles. The van der Waals surface area contributed by atoms with Gasteiger partial charge in [-0.3, -0.25) is 4.79 Å². The molecule has 0 spiro atoms. The minimum Gasteiger partial charge on any atom is -0.480 e. The van der Waals surface area contributed by atoms with Crippen LogP contribution < -0.4 is 5.32 Å². The van der Waals surface area contributed by atoms with E-state index in [1.54, 1.807) is 0 Å². The zero-order valence-electron chi connectivity index (χ0n) is 15.6. The van der Waals surface area contributed by atoms with Crippen LogP contribution in [0.15, 0.2) is 60.7 Å². The summed E-state index contributed by atoms with van der Waals surface area (Å²) in [6, 6.07) is 18.3. The van der Waals surface area contributed by atoms with Crippen LogP contribution in [-0.4, -0.2) is 42.8 Å². The van der Waals surface area contributed by atoms with E-state index in [0.717, 1.165) is 24.0 Å². The first-order chi connectivity index (χ1) is 13.6. The molecule has 1 heterocycles. The van der Waals surface area contributed by atoms with Gasteiger partial charge in [-0.2, -0.15) is 0 Å². The highest BCUT2D eigenvalue weighted by molar-refractivity contribution is 5.84. The number of amides is 1. The van der Waals surface area contributed by atoms with Gasteiger partial charge in [0.2, 0.25) is 5.91 Å². The Bertz CT molecular complexity index is 720. The number of carboxylic acids is 1. The van der Waals surface area contributed by atoms with Crippen molar-refractivity contribution in [2.24, 2.45) is 5.92 Å². The molecule has 0 saturated carbocycles. The highest BCUT2D eigenvalue weighted by atomic mass is 16.5. The third kappa shape index (κ3) is 5.41. The van der Waals surface area contributed by atoms with Crippen molar-refractivity contribution in [1.29, 1.82) is 0 Å². The molecular formula is C22H25NO5. The fourth-order valence-electron chi connectivity index (χ4n) is 3.42. The molecule has 1 saturated heterocycles. The number of carbonyl (C=O) groups excluding carboxylic acids is 1. The smallest absolute Gasteiger partial charge is 0.326 e. The summed E-state index contributed by atoms with van der Waals surface area (Å²) in [4.78, 5) is 24.0. The van der Waals surface area contributed by atoms with Gasteiger partial charge in [0.15, 0.2) is 0 Å². The predicted octanol–water partition coefficient (Wildman–Crippen LogP) is 2.79. The first-order valence-corrected chi connectivity index (χ1v) is 9.46. The van der Waals surface area contributed by atoms with Gasteiger partial charge in [-0.15, -0.1) is 0 Å². The highest BCUT2D eigenvalue weighted by Crippen LogP contribution is 2.25. The average Bonchev–Trinajstić information content (AvgIpc) is 2.74. The van der Waals surface area contributed by atoms with E-state index in [-0.39, 0.29) is 12.5 Å². The fraction of sp³-hybridized carbons (Fsp3) is 0.364. The van der Waals surface area contributed by atoms with Crippen molar-refractivity contribution < 1.29 is 24.2 Å². The molecule has 1 aliphatic heterocycles. The number of carbonyl (C=O) groups is 2. The number of hydrogen-bond acceptors (Lipinski definition) is 4. The zero-order chi connectivity index (χ0) is 19.8. The van der Waals surface area contributed by atoms with Crippen LogP contribution in [0.2, 0.25) is 0 Å². The number of aliphatic carboxylic acids is 1. The van der Waals surface area contributed by atoms with Gasteiger partial charge in [0.05, 0.1) is 6.61 Å². The van der Waals surface area contributed by atoms with Crippen LogP contribution in [0.5, 0.6) is 0 Å². The topological polar surface area (TPSA) is 84.9 Å². The molecule has 2 N–H and O–H groups in total. The second-order valence-electron chi connectivity index (χ2n) is 6.87. The first kappa shape index (κ1) is 20.0. The minimum atomic E-state index is -1.05. The molecule has 2 unspecified atom stereocenters. The summed E-state index contributed by atoms with van der Waals surface area (Å²) in [6.07, 6.45) is 1.11. The van der Waals surface area contributed by atoms with Gasteiger partial charge >= 0.3 is 5.97 Å². The zero-order valence-corrected chi connectivity index (χ0v) is 15.6. The highest BCUT2D eigenvalue weighted by Gasteiger charge is 2.31. The first-order valence-electron chi connectivity index (χ1n) is 9.46. The van der Waals surface area contributed by atoms with Crippen molar-refractivity contribution in [1.82, 2.24) is 5.32 Å². The molecule has 2 atom stereocenters. The summed E-state index contributed by atoms with van der Waals surface area (Å²) >= 11 is 0. The maximum absolute atomic E-state index is 12.4. The molecule has 1 amide bonds. The molecular weight excluding hydrogens is 358 g/mol. The number of rotatable bonds is 8. The van der Waals surface area contributed by atoms with Gasteiger partial charge in [0, 0.05) is 12.5 Å². The van der Waals surface area contributed by atoms with E-state index in [0.29, 0.717) is 13.2 Å². The number of hydrogen-bond donors (Lipinski definition) is 2. The summed E-state index contributed by atoms with van der Waals surface area (Å²) in [5, 5.41) is 12.1. The average molecular weight is 383 g/mol. The fourth-order valence-corrected chi connectivity index (χ4v) is 3.42. The van der Waals surface area contributed by atoms with Crippen LogP contribution in [-0.2, 0) is 19.1 Å². The Morgan fingerprint density at radius 3 is 2.18 bits per heavy atom. The largest absolute Gasteiger partial charge is 0.480 e. The van der Waals surface area contributed by atoms with Gasteiger partial charge in [-0.05, 0) is 24.0 Å². The summed E-state index contributed by atoms with van der Waals surface area (Å²) in [5.41, 5.74) is 1.86. The molecule has 0 radical (unpaired) electrons. The lowest BCUT2D eigenvalue weighted by Crippen LogP contribution is -2.49. The summed E-state index contributed by atoms with van der Waals surface area (Å²) < 4.78 is 11.3. The lowest BCUT2D eigenvalue weighted by Gasteiger charge is -2.28. The number of nitrogens with one attached hydrogen (secondary N) is 1. The number of carboxylic acid groups (broad SMARTS) is 1. The molecule has 2 aromatic carbocycles. The third-order valence-electron chi connectivity index (χ3n) is 4.84. The molecule has 2 aromatic rings. The van der Waals surface area contributed by atoms with E-state index in [1.807, 2.05) is 60.7 Å². The Morgan fingerprint density at radius 1 is 1.07 bits per heavy atom. The summed E-state index contributed by atoms with van der Waals surface area (Å²) in [6.45, 7) is 0.746. The molecule has 6 nitrogen and oxygen atoms in total. The van der Waals surface area contributed by atoms with Crippen molar-refractivity contribution in [2.45, 2.75) is 25.0 Å². The summed E-state index contributed by atoms with van der Waals surface area (Å²) in [5.74, 6) is -1.73. The Labute approximate surface area is 164 Å². The van der Waals surface area contributed by atoms with Gasteiger partial charge in [0.1, 0.15) is 18.8 Å². The molecule has 1 fully saturated rings. The Morgan fingerprint density at radius 2 is 1.68 bits per heavy atom. The third-order valence-corrected chi connectivity index (χ3v) is 4.84. The molecule has 1 aliphatic rings. The van der Waals surface area contributed by atoms with Gasteiger partial charge < -0.3 is 19.9 Å². The lowest BCUT2D eigenvalue weighted by atomic mass is 9.93. The lowest BCUT2D eigenvalue weighted by molar-refractivity contribution is -0.146. The van der Waals surface area contributed by atoms with E-state index in [1.165, 1.54) is 0 Å². The van der Waals surface area contributed by atoms with Crippen molar-refractivity contribution in [3.8, 4) is 0 Å². The maximum Gasteiger partial charge on any atom is 0.326 e. The Hall–Kier alpha value is -2.70. The van der Waals surface area contributed by atoms with E-state index in [2.05, 4.69) is 5.32 Å². The van der Waals surface area contributed by atoms with Crippen molar-refractivity contribution in [3.05, 3.63) is 71.8 Å². The van der Waals surface area contributed by atoms with E-state index in [4.69, 9.17) is 9.47 Å². The van der Waals surface area contributed by atoms with Crippen LogP contribution in [0.1, 0.15) is 30.1 Å². The molecule has 0 aromatic heterocycles. The SMILES string of the molecule is O=C(COC(c1ccccc1)c1ccccc1)NC(C(=O)O)C1CCCOC1. The molecule has 148 valence electrons. The predicted molar refractivity (Wildman–Crippen MR) is 104 cm³/mol. The standard InChI is InChI=1S/C22H25NO5/c24-19(23-20(22(25)26)18-12-7-13-27-14-18)15-28-21(16-8-3-1-4-9-16)17-10-5-2-6-11-17/h1-6,8-11,18,20-21H,7,12-15H2,(H,23,24)(H,25,26). The Balaban J connectivity index is 1.65. The molecule has 28 heavy (non-hydrogen) atoms. The number of benzene rings is 2. The minimum absolute atomic E-state index is 0.228. The van der Waals surface area contributed by atoms with Crippen molar-refractivity contribution in [2.75, 3.05) is 19.8 Å². The molecule has 6 heteroatoms. The summed E-state index contributed by atoms with van der Waals surface area (Å²) in [7, 11) is 0. The monoisotopic (exact) mass is 383 g/mol. The van der Waals surface area contributed by atoms with Crippen LogP contribution in [0, 0.1) is 5.92 Å².